The zero-order valence-electron chi connectivity index (χ0n) is 12.5. The number of nitrogens with zero attached hydrogens (tertiary/aromatic N) is 1. The number of amides is 3. The molecular formula is C16H14ClN3O4. The van der Waals surface area contributed by atoms with Crippen LogP contribution in [0.4, 0.5) is 4.79 Å². The van der Waals surface area contributed by atoms with Gasteiger partial charge in [-0.25, -0.2) is 4.79 Å². The van der Waals surface area contributed by atoms with Gasteiger partial charge in [0.15, 0.2) is 0 Å². The SMILES string of the molecule is O=C1NC(=O)[C@@H](CCC(=O)OCc2c(Cl)ccc3cccnc23)N1. The number of halogens is 1. The van der Waals surface area contributed by atoms with E-state index >= 15 is 0 Å². The van der Waals surface area contributed by atoms with Crippen LogP contribution >= 0.6 is 11.6 Å². The van der Waals surface area contributed by atoms with Crippen molar-refractivity contribution in [2.75, 3.05) is 0 Å². The maximum Gasteiger partial charge on any atom is 0.322 e. The molecule has 8 heteroatoms. The molecule has 3 amide bonds. The van der Waals surface area contributed by atoms with E-state index in [0.29, 0.717) is 16.1 Å². The third kappa shape index (κ3) is 3.46. The number of rotatable bonds is 5. The molecule has 2 N–H and O–H groups in total. The molecule has 1 atom stereocenters. The number of aromatic nitrogens is 1. The van der Waals surface area contributed by atoms with Crippen LogP contribution in [0.15, 0.2) is 30.5 Å². The standard InChI is InChI=1S/C16H14ClN3O4/c17-11-4-3-9-2-1-7-18-14(9)10(11)8-24-13(21)6-5-12-15(22)20-16(23)19-12/h1-4,7,12H,5-6,8H2,(H2,19,20,22,23)/t12-/m1/s1. The summed E-state index contributed by atoms with van der Waals surface area (Å²) < 4.78 is 5.23. The van der Waals surface area contributed by atoms with Crippen LogP contribution in [0.25, 0.3) is 10.9 Å². The summed E-state index contributed by atoms with van der Waals surface area (Å²) in [6.45, 7) is -0.00472. The van der Waals surface area contributed by atoms with E-state index < -0.39 is 23.9 Å². The first-order valence-corrected chi connectivity index (χ1v) is 7.71. The van der Waals surface area contributed by atoms with Crippen molar-refractivity contribution >= 4 is 40.4 Å². The summed E-state index contributed by atoms with van der Waals surface area (Å²) in [5, 5.41) is 5.91. The number of urea groups is 1. The molecule has 1 aromatic carbocycles. The van der Waals surface area contributed by atoms with Crippen molar-refractivity contribution < 1.29 is 19.1 Å². The van der Waals surface area contributed by atoms with Crippen LogP contribution in [0.1, 0.15) is 18.4 Å². The Morgan fingerprint density at radius 1 is 1.29 bits per heavy atom. The summed E-state index contributed by atoms with van der Waals surface area (Å²) in [4.78, 5) is 38.5. The number of imide groups is 1. The minimum Gasteiger partial charge on any atom is -0.461 e. The molecule has 0 aliphatic carbocycles. The number of nitrogens with one attached hydrogen (secondary N) is 2. The maximum atomic E-state index is 11.9. The lowest BCUT2D eigenvalue weighted by Crippen LogP contribution is -2.29. The quantitative estimate of drug-likeness (QED) is 0.636. The Hall–Kier alpha value is -2.67. The average molecular weight is 348 g/mol. The van der Waals surface area contributed by atoms with Crippen LogP contribution in [-0.2, 0) is 20.9 Å². The highest BCUT2D eigenvalue weighted by Gasteiger charge is 2.29. The second kappa shape index (κ2) is 6.84. The minimum absolute atomic E-state index is 0.00472. The molecule has 7 nitrogen and oxygen atoms in total. The monoisotopic (exact) mass is 347 g/mol. The molecule has 1 aliphatic heterocycles. The smallest absolute Gasteiger partial charge is 0.322 e. The fraction of sp³-hybridized carbons (Fsp3) is 0.250. The van der Waals surface area contributed by atoms with Gasteiger partial charge in [0, 0.05) is 28.6 Å². The fourth-order valence-electron chi connectivity index (χ4n) is 2.47. The topological polar surface area (TPSA) is 97.4 Å². The van der Waals surface area contributed by atoms with E-state index in [1.165, 1.54) is 0 Å². The molecule has 1 fully saturated rings. The largest absolute Gasteiger partial charge is 0.461 e. The lowest BCUT2D eigenvalue weighted by atomic mass is 10.1. The van der Waals surface area contributed by atoms with Crippen LogP contribution in [0.2, 0.25) is 5.02 Å². The van der Waals surface area contributed by atoms with E-state index in [2.05, 4.69) is 15.6 Å². The predicted octanol–water partition coefficient (Wildman–Crippen LogP) is 1.92. The third-order valence-electron chi connectivity index (χ3n) is 3.70. The zero-order valence-corrected chi connectivity index (χ0v) is 13.3. The molecule has 1 aromatic heterocycles. The summed E-state index contributed by atoms with van der Waals surface area (Å²) in [5.41, 5.74) is 1.32. The van der Waals surface area contributed by atoms with Crippen molar-refractivity contribution in [3.8, 4) is 0 Å². The van der Waals surface area contributed by atoms with Crippen molar-refractivity contribution in [2.45, 2.75) is 25.5 Å². The van der Waals surface area contributed by atoms with Gasteiger partial charge in [-0.3, -0.25) is 19.9 Å². The van der Waals surface area contributed by atoms with Crippen molar-refractivity contribution in [3.05, 3.63) is 41.0 Å². The number of esters is 1. The Morgan fingerprint density at radius 3 is 2.88 bits per heavy atom. The number of ether oxygens (including phenoxy) is 1. The van der Waals surface area contributed by atoms with Crippen LogP contribution in [0.3, 0.4) is 0 Å². The predicted molar refractivity (Wildman–Crippen MR) is 86.2 cm³/mol. The molecule has 3 rings (SSSR count). The molecule has 1 aliphatic rings. The van der Waals surface area contributed by atoms with E-state index in [9.17, 15) is 14.4 Å². The Labute approximate surface area is 142 Å². The van der Waals surface area contributed by atoms with Gasteiger partial charge in [0.1, 0.15) is 12.6 Å². The second-order valence-electron chi connectivity index (χ2n) is 5.32. The molecule has 0 radical (unpaired) electrons. The van der Waals surface area contributed by atoms with Crippen molar-refractivity contribution in [3.63, 3.8) is 0 Å². The van der Waals surface area contributed by atoms with Gasteiger partial charge >= 0.3 is 12.0 Å². The van der Waals surface area contributed by atoms with Crippen LogP contribution in [0, 0.1) is 0 Å². The molecule has 2 aromatic rings. The van der Waals surface area contributed by atoms with Gasteiger partial charge in [-0.2, -0.15) is 0 Å². The van der Waals surface area contributed by atoms with Gasteiger partial charge in [-0.15, -0.1) is 0 Å². The Kier molecular flexibility index (Phi) is 4.61. The van der Waals surface area contributed by atoms with Crippen molar-refractivity contribution in [1.82, 2.24) is 15.6 Å². The summed E-state index contributed by atoms with van der Waals surface area (Å²) in [5.74, 6) is -0.915. The van der Waals surface area contributed by atoms with Gasteiger partial charge < -0.3 is 10.1 Å². The van der Waals surface area contributed by atoms with Gasteiger partial charge in [0.05, 0.1) is 5.52 Å². The van der Waals surface area contributed by atoms with E-state index in [4.69, 9.17) is 16.3 Å². The number of carbonyl (C=O) groups is 3. The number of hydrogen-bond donors (Lipinski definition) is 2. The fourth-order valence-corrected chi connectivity index (χ4v) is 2.67. The molecule has 1 saturated heterocycles. The number of pyridine rings is 1. The Balaban J connectivity index is 1.60. The van der Waals surface area contributed by atoms with Crippen LogP contribution in [0.5, 0.6) is 0 Å². The first kappa shape index (κ1) is 16.2. The number of carbonyl (C=O) groups excluding carboxylic acids is 3. The summed E-state index contributed by atoms with van der Waals surface area (Å²) >= 11 is 6.17. The Morgan fingerprint density at radius 2 is 2.12 bits per heavy atom. The second-order valence-corrected chi connectivity index (χ2v) is 5.72. The van der Waals surface area contributed by atoms with Gasteiger partial charge in [0.25, 0.3) is 5.91 Å². The van der Waals surface area contributed by atoms with Gasteiger partial charge in [-0.1, -0.05) is 23.7 Å². The first-order valence-electron chi connectivity index (χ1n) is 7.33. The van der Waals surface area contributed by atoms with Crippen molar-refractivity contribution in [1.29, 1.82) is 0 Å². The lowest BCUT2D eigenvalue weighted by Gasteiger charge is -2.10. The molecular weight excluding hydrogens is 334 g/mol. The Bertz CT molecular complexity index is 824. The summed E-state index contributed by atoms with van der Waals surface area (Å²) in [6.07, 6.45) is 1.83. The molecule has 24 heavy (non-hydrogen) atoms. The van der Waals surface area contributed by atoms with Crippen LogP contribution in [-0.4, -0.2) is 28.9 Å². The molecule has 0 unspecified atom stereocenters. The average Bonchev–Trinajstić information content (AvgIpc) is 2.89. The van der Waals surface area contributed by atoms with Crippen molar-refractivity contribution in [2.24, 2.45) is 0 Å². The van der Waals surface area contributed by atoms with E-state index in [0.717, 1.165) is 5.39 Å². The van der Waals surface area contributed by atoms with Crippen LogP contribution < -0.4 is 10.6 Å². The maximum absolute atomic E-state index is 11.9. The highest BCUT2D eigenvalue weighted by Crippen LogP contribution is 2.25. The third-order valence-corrected chi connectivity index (χ3v) is 4.05. The molecule has 0 saturated carbocycles. The number of benzene rings is 1. The molecule has 0 bridgehead atoms. The highest BCUT2D eigenvalue weighted by molar-refractivity contribution is 6.32. The van der Waals surface area contributed by atoms with Gasteiger partial charge in [-0.05, 0) is 18.6 Å². The minimum atomic E-state index is -0.701. The molecule has 2 heterocycles. The first-order chi connectivity index (χ1) is 11.5. The summed E-state index contributed by atoms with van der Waals surface area (Å²) in [7, 11) is 0. The van der Waals surface area contributed by atoms with Gasteiger partial charge in [0.2, 0.25) is 0 Å². The van der Waals surface area contributed by atoms with E-state index in [-0.39, 0.29) is 19.4 Å². The normalized spacial score (nSPS) is 16.8. The number of fused-ring (bicyclic) bond motifs is 1. The molecule has 124 valence electrons. The number of hydrogen-bond acceptors (Lipinski definition) is 5. The highest BCUT2D eigenvalue weighted by atomic mass is 35.5. The van der Waals surface area contributed by atoms with E-state index in [1.807, 2.05) is 18.2 Å². The lowest BCUT2D eigenvalue weighted by molar-refractivity contribution is -0.145. The molecule has 0 spiro atoms. The summed E-state index contributed by atoms with van der Waals surface area (Å²) in [6, 6.07) is 6.03. The van der Waals surface area contributed by atoms with E-state index in [1.54, 1.807) is 12.3 Å². The zero-order chi connectivity index (χ0) is 17.1.